The van der Waals surface area contributed by atoms with Crippen LogP contribution in [0.3, 0.4) is 0 Å². The van der Waals surface area contributed by atoms with Crippen LogP contribution in [-0.2, 0) is 4.79 Å². The molecule has 1 aromatic rings. The summed E-state index contributed by atoms with van der Waals surface area (Å²) in [6.45, 7) is 3.83. The van der Waals surface area contributed by atoms with E-state index in [2.05, 4.69) is 6.07 Å². The van der Waals surface area contributed by atoms with E-state index < -0.39 is 0 Å². The number of ether oxygens (including phenoxy) is 1. The van der Waals surface area contributed by atoms with E-state index in [1.807, 2.05) is 20.9 Å². The third kappa shape index (κ3) is 3.05. The van der Waals surface area contributed by atoms with Crippen molar-refractivity contribution in [2.45, 2.75) is 32.7 Å². The Morgan fingerprint density at radius 3 is 2.47 bits per heavy atom. The van der Waals surface area contributed by atoms with Crippen LogP contribution in [0.4, 0.5) is 0 Å². The first kappa shape index (κ1) is 13.4. The Labute approximate surface area is 113 Å². The highest BCUT2D eigenvalue weighted by atomic mass is 16.5. The SMILES string of the molecule is Cc1cc(C#N)cc(C)c1OCC(=O)N(C)C1CC1. The van der Waals surface area contributed by atoms with Crippen molar-refractivity contribution in [1.29, 1.82) is 5.26 Å². The highest BCUT2D eigenvalue weighted by Gasteiger charge is 2.29. The van der Waals surface area contributed by atoms with Crippen molar-refractivity contribution in [3.63, 3.8) is 0 Å². The molecule has 1 aromatic carbocycles. The first-order chi connectivity index (χ1) is 9.02. The Morgan fingerprint density at radius 2 is 2.00 bits per heavy atom. The van der Waals surface area contributed by atoms with E-state index in [-0.39, 0.29) is 12.5 Å². The van der Waals surface area contributed by atoms with Crippen LogP contribution in [0.5, 0.6) is 5.75 Å². The van der Waals surface area contributed by atoms with Crippen molar-refractivity contribution in [2.75, 3.05) is 13.7 Å². The highest BCUT2D eigenvalue weighted by Crippen LogP contribution is 2.27. The lowest BCUT2D eigenvalue weighted by molar-refractivity contribution is -0.132. The predicted molar refractivity (Wildman–Crippen MR) is 71.9 cm³/mol. The van der Waals surface area contributed by atoms with Gasteiger partial charge in [0.1, 0.15) is 5.75 Å². The average molecular weight is 258 g/mol. The molecule has 2 rings (SSSR count). The predicted octanol–water partition coefficient (Wildman–Crippen LogP) is 2.17. The molecule has 0 aliphatic heterocycles. The Bertz CT molecular complexity index is 519. The lowest BCUT2D eigenvalue weighted by Crippen LogP contribution is -2.33. The molecule has 0 bridgehead atoms. The van der Waals surface area contributed by atoms with E-state index in [0.717, 1.165) is 24.0 Å². The molecule has 0 heterocycles. The maximum atomic E-state index is 11.9. The Hall–Kier alpha value is -2.02. The maximum Gasteiger partial charge on any atom is 0.260 e. The molecule has 100 valence electrons. The number of nitriles is 1. The number of rotatable bonds is 4. The fourth-order valence-electron chi connectivity index (χ4n) is 2.14. The van der Waals surface area contributed by atoms with Crippen LogP contribution in [-0.4, -0.2) is 30.5 Å². The number of hydrogen-bond acceptors (Lipinski definition) is 3. The number of nitrogens with zero attached hydrogens (tertiary/aromatic N) is 2. The van der Waals surface area contributed by atoms with E-state index in [1.165, 1.54) is 0 Å². The zero-order chi connectivity index (χ0) is 14.0. The zero-order valence-electron chi connectivity index (χ0n) is 11.6. The van der Waals surface area contributed by atoms with E-state index in [0.29, 0.717) is 17.4 Å². The van der Waals surface area contributed by atoms with Crippen molar-refractivity contribution < 1.29 is 9.53 Å². The molecule has 0 atom stereocenters. The average Bonchev–Trinajstić information content (AvgIpc) is 3.20. The molecule has 0 aromatic heterocycles. The van der Waals surface area contributed by atoms with Crippen molar-refractivity contribution in [2.24, 2.45) is 0 Å². The van der Waals surface area contributed by atoms with Gasteiger partial charge in [-0.05, 0) is 49.9 Å². The maximum absolute atomic E-state index is 11.9. The van der Waals surface area contributed by atoms with Gasteiger partial charge in [0, 0.05) is 13.1 Å². The standard InChI is InChI=1S/C15H18N2O2/c1-10-6-12(8-16)7-11(2)15(10)19-9-14(18)17(3)13-4-5-13/h6-7,13H,4-5,9H2,1-3H3. The summed E-state index contributed by atoms with van der Waals surface area (Å²) in [5, 5.41) is 8.88. The number of aryl methyl sites for hydroxylation is 2. The van der Waals surface area contributed by atoms with Gasteiger partial charge in [-0.15, -0.1) is 0 Å². The molecule has 1 fully saturated rings. The third-order valence-corrected chi connectivity index (χ3v) is 3.42. The van der Waals surface area contributed by atoms with Crippen LogP contribution in [0.25, 0.3) is 0 Å². The second-order valence-corrected chi connectivity index (χ2v) is 5.08. The largest absolute Gasteiger partial charge is 0.483 e. The van der Waals surface area contributed by atoms with Gasteiger partial charge in [0.05, 0.1) is 11.6 Å². The van der Waals surface area contributed by atoms with E-state index in [4.69, 9.17) is 10.00 Å². The summed E-state index contributed by atoms with van der Waals surface area (Å²) in [6, 6.07) is 6.06. The fourth-order valence-corrected chi connectivity index (χ4v) is 2.14. The zero-order valence-corrected chi connectivity index (χ0v) is 11.6. The Kier molecular flexibility index (Phi) is 3.75. The minimum Gasteiger partial charge on any atom is -0.483 e. The molecule has 4 heteroatoms. The number of likely N-dealkylation sites (N-methyl/N-ethyl adjacent to an activating group) is 1. The van der Waals surface area contributed by atoms with Crippen molar-refractivity contribution in [1.82, 2.24) is 4.90 Å². The smallest absolute Gasteiger partial charge is 0.260 e. The molecule has 0 spiro atoms. The van der Waals surface area contributed by atoms with E-state index in [9.17, 15) is 4.79 Å². The van der Waals surface area contributed by atoms with Gasteiger partial charge in [-0.3, -0.25) is 4.79 Å². The van der Waals surface area contributed by atoms with Crippen LogP contribution in [0.15, 0.2) is 12.1 Å². The van der Waals surface area contributed by atoms with Crippen molar-refractivity contribution in [3.8, 4) is 11.8 Å². The van der Waals surface area contributed by atoms with Gasteiger partial charge in [-0.1, -0.05) is 0 Å². The van der Waals surface area contributed by atoms with Gasteiger partial charge in [0.15, 0.2) is 6.61 Å². The Morgan fingerprint density at radius 1 is 1.42 bits per heavy atom. The lowest BCUT2D eigenvalue weighted by Gasteiger charge is -2.18. The molecule has 0 saturated heterocycles. The number of hydrogen-bond donors (Lipinski definition) is 0. The van der Waals surface area contributed by atoms with Crippen LogP contribution >= 0.6 is 0 Å². The summed E-state index contributed by atoms with van der Waals surface area (Å²) in [5.74, 6) is 0.710. The molecule has 0 N–H and O–H groups in total. The first-order valence-electron chi connectivity index (χ1n) is 6.42. The fraction of sp³-hybridized carbons (Fsp3) is 0.467. The molecule has 1 aliphatic carbocycles. The molecule has 4 nitrogen and oxygen atoms in total. The number of benzene rings is 1. The number of carbonyl (C=O) groups is 1. The lowest BCUT2D eigenvalue weighted by atomic mass is 10.1. The summed E-state index contributed by atoms with van der Waals surface area (Å²) in [4.78, 5) is 13.7. The third-order valence-electron chi connectivity index (χ3n) is 3.42. The first-order valence-corrected chi connectivity index (χ1v) is 6.42. The van der Waals surface area contributed by atoms with Gasteiger partial charge in [-0.25, -0.2) is 0 Å². The van der Waals surface area contributed by atoms with Crippen molar-refractivity contribution >= 4 is 5.91 Å². The normalized spacial score (nSPS) is 13.8. The molecule has 0 unspecified atom stereocenters. The number of carbonyl (C=O) groups excluding carboxylic acids is 1. The van der Waals surface area contributed by atoms with Gasteiger partial charge in [0.25, 0.3) is 5.91 Å². The summed E-state index contributed by atoms with van der Waals surface area (Å²) < 4.78 is 5.63. The molecule has 0 radical (unpaired) electrons. The van der Waals surface area contributed by atoms with Gasteiger partial charge >= 0.3 is 0 Å². The van der Waals surface area contributed by atoms with Crippen LogP contribution in [0.2, 0.25) is 0 Å². The molecule has 1 amide bonds. The molecular weight excluding hydrogens is 240 g/mol. The monoisotopic (exact) mass is 258 g/mol. The molecule has 1 saturated carbocycles. The van der Waals surface area contributed by atoms with Crippen LogP contribution in [0.1, 0.15) is 29.5 Å². The second-order valence-electron chi connectivity index (χ2n) is 5.08. The second kappa shape index (κ2) is 5.31. The summed E-state index contributed by atoms with van der Waals surface area (Å²) >= 11 is 0. The topological polar surface area (TPSA) is 53.3 Å². The summed E-state index contributed by atoms with van der Waals surface area (Å²) in [6.07, 6.45) is 2.19. The van der Waals surface area contributed by atoms with Gasteiger partial charge < -0.3 is 9.64 Å². The Balaban J connectivity index is 2.03. The van der Waals surface area contributed by atoms with E-state index in [1.54, 1.807) is 17.0 Å². The van der Waals surface area contributed by atoms with Crippen LogP contribution in [0, 0.1) is 25.2 Å². The highest BCUT2D eigenvalue weighted by molar-refractivity contribution is 5.78. The van der Waals surface area contributed by atoms with Crippen molar-refractivity contribution in [3.05, 3.63) is 28.8 Å². The quantitative estimate of drug-likeness (QED) is 0.831. The molecule has 1 aliphatic rings. The molecular formula is C15H18N2O2. The summed E-state index contributed by atoms with van der Waals surface area (Å²) in [7, 11) is 1.82. The van der Waals surface area contributed by atoms with Gasteiger partial charge in [-0.2, -0.15) is 5.26 Å². The van der Waals surface area contributed by atoms with Gasteiger partial charge in [0.2, 0.25) is 0 Å². The summed E-state index contributed by atoms with van der Waals surface area (Å²) in [5.41, 5.74) is 2.39. The van der Waals surface area contributed by atoms with Crippen LogP contribution < -0.4 is 4.74 Å². The van der Waals surface area contributed by atoms with E-state index >= 15 is 0 Å². The minimum atomic E-state index is 0.00524. The minimum absolute atomic E-state index is 0.00524. The number of amides is 1. The molecule has 19 heavy (non-hydrogen) atoms.